The van der Waals surface area contributed by atoms with E-state index in [9.17, 15) is 4.79 Å². The van der Waals surface area contributed by atoms with E-state index < -0.39 is 0 Å². The largest absolute Gasteiger partial charge is 0.496 e. The summed E-state index contributed by atoms with van der Waals surface area (Å²) in [6, 6.07) is 5.10. The average Bonchev–Trinajstić information content (AvgIpc) is 2.38. The molecule has 0 saturated heterocycles. The summed E-state index contributed by atoms with van der Waals surface area (Å²) in [6.45, 7) is 0.354. The lowest BCUT2D eigenvalue weighted by Gasteiger charge is -2.02. The van der Waals surface area contributed by atoms with Crippen molar-refractivity contribution in [2.24, 2.45) is 5.11 Å². The minimum atomic E-state index is 0.354. The van der Waals surface area contributed by atoms with Crippen LogP contribution in [0.25, 0.3) is 10.4 Å². The van der Waals surface area contributed by atoms with Gasteiger partial charge in [0.25, 0.3) is 0 Å². The van der Waals surface area contributed by atoms with Crippen LogP contribution in [0.2, 0.25) is 0 Å². The first-order valence-electron chi connectivity index (χ1n) is 4.94. The second kappa shape index (κ2) is 6.94. The number of aldehydes is 1. The molecule has 0 atom stereocenters. The Morgan fingerprint density at radius 3 is 3.06 bits per heavy atom. The highest BCUT2D eigenvalue weighted by Crippen LogP contribution is 2.17. The van der Waals surface area contributed by atoms with Crippen molar-refractivity contribution >= 4 is 6.29 Å². The monoisotopic (exact) mass is 229 g/mol. The van der Waals surface area contributed by atoms with Crippen molar-refractivity contribution in [1.29, 1.82) is 0 Å². The van der Waals surface area contributed by atoms with Crippen molar-refractivity contribution in [3.8, 4) is 17.6 Å². The number of methoxy groups -OCH3 is 1. The number of hydrogen-bond donors (Lipinski definition) is 0. The minimum Gasteiger partial charge on any atom is -0.496 e. The molecule has 1 aromatic rings. The van der Waals surface area contributed by atoms with Crippen LogP contribution in [0.3, 0.4) is 0 Å². The molecule has 0 aliphatic heterocycles. The van der Waals surface area contributed by atoms with Crippen LogP contribution in [0.5, 0.6) is 5.75 Å². The molecule has 0 aliphatic carbocycles. The Hall–Kier alpha value is -2.44. The smallest absolute Gasteiger partial charge is 0.153 e. The maximum Gasteiger partial charge on any atom is 0.153 e. The van der Waals surface area contributed by atoms with Gasteiger partial charge in [-0.2, -0.15) is 0 Å². The number of azide groups is 1. The van der Waals surface area contributed by atoms with Gasteiger partial charge < -0.3 is 4.74 Å². The van der Waals surface area contributed by atoms with Crippen LogP contribution in [0.15, 0.2) is 23.3 Å². The van der Waals surface area contributed by atoms with E-state index in [4.69, 9.17) is 10.3 Å². The number of benzene rings is 1. The Kier molecular flexibility index (Phi) is 5.15. The number of nitrogens with zero attached hydrogens (tertiary/aromatic N) is 3. The molecule has 0 saturated carbocycles. The number of rotatable bonds is 4. The van der Waals surface area contributed by atoms with Crippen molar-refractivity contribution < 1.29 is 9.53 Å². The van der Waals surface area contributed by atoms with Gasteiger partial charge in [-0.1, -0.05) is 17.0 Å². The van der Waals surface area contributed by atoms with Crippen LogP contribution >= 0.6 is 0 Å². The fourth-order valence-electron chi connectivity index (χ4n) is 1.20. The molecule has 0 bridgehead atoms. The van der Waals surface area contributed by atoms with E-state index in [0.29, 0.717) is 24.3 Å². The Balaban J connectivity index is 2.78. The predicted octanol–water partition coefficient (Wildman–Crippen LogP) is 2.56. The van der Waals surface area contributed by atoms with Gasteiger partial charge in [-0.3, -0.25) is 4.79 Å². The first-order valence-corrected chi connectivity index (χ1v) is 4.94. The van der Waals surface area contributed by atoms with Gasteiger partial charge in [-0.05, 0) is 23.7 Å². The molecule has 86 valence electrons. The van der Waals surface area contributed by atoms with Crippen molar-refractivity contribution in [3.05, 3.63) is 39.8 Å². The average molecular weight is 229 g/mol. The summed E-state index contributed by atoms with van der Waals surface area (Å²) in [7, 11) is 1.50. The van der Waals surface area contributed by atoms with Gasteiger partial charge in [0.05, 0.1) is 12.7 Å². The summed E-state index contributed by atoms with van der Waals surface area (Å²) in [5, 5.41) is 3.37. The van der Waals surface area contributed by atoms with E-state index in [1.54, 1.807) is 18.2 Å². The van der Waals surface area contributed by atoms with Crippen molar-refractivity contribution in [2.75, 3.05) is 13.7 Å². The molecule has 0 fully saturated rings. The zero-order valence-electron chi connectivity index (χ0n) is 9.38. The van der Waals surface area contributed by atoms with E-state index in [-0.39, 0.29) is 0 Å². The number of carbonyl (C=O) groups is 1. The zero-order valence-corrected chi connectivity index (χ0v) is 9.38. The molecule has 0 unspecified atom stereocenters. The Morgan fingerprint density at radius 1 is 1.59 bits per heavy atom. The SMILES string of the molecule is COc1cc(C#CCCN=[N+]=[N-])ccc1C=O. The van der Waals surface area contributed by atoms with Gasteiger partial charge in [-0.15, -0.1) is 0 Å². The number of hydrogen-bond acceptors (Lipinski definition) is 3. The molecule has 0 N–H and O–H groups in total. The van der Waals surface area contributed by atoms with Crippen molar-refractivity contribution in [1.82, 2.24) is 0 Å². The zero-order chi connectivity index (χ0) is 12.5. The third-order valence-corrected chi connectivity index (χ3v) is 1.99. The molecule has 5 nitrogen and oxygen atoms in total. The highest BCUT2D eigenvalue weighted by molar-refractivity contribution is 5.79. The highest BCUT2D eigenvalue weighted by atomic mass is 16.5. The van der Waals surface area contributed by atoms with E-state index in [2.05, 4.69) is 21.9 Å². The number of carbonyl (C=O) groups excluding carboxylic acids is 1. The minimum absolute atomic E-state index is 0.354. The van der Waals surface area contributed by atoms with Crippen LogP contribution < -0.4 is 4.74 Å². The summed E-state index contributed by atoms with van der Waals surface area (Å²) >= 11 is 0. The summed E-state index contributed by atoms with van der Waals surface area (Å²) in [5.74, 6) is 6.27. The molecular formula is C12H11N3O2. The Morgan fingerprint density at radius 2 is 2.41 bits per heavy atom. The molecular weight excluding hydrogens is 218 g/mol. The van der Waals surface area contributed by atoms with Crippen LogP contribution in [0, 0.1) is 11.8 Å². The van der Waals surface area contributed by atoms with Crippen LogP contribution in [0.1, 0.15) is 22.3 Å². The molecule has 0 radical (unpaired) electrons. The lowest BCUT2D eigenvalue weighted by Crippen LogP contribution is -1.91. The maximum absolute atomic E-state index is 10.7. The molecule has 0 aliphatic rings. The van der Waals surface area contributed by atoms with E-state index in [0.717, 1.165) is 11.8 Å². The Labute approximate surface area is 99.0 Å². The normalized spacial score (nSPS) is 8.53. The van der Waals surface area contributed by atoms with Gasteiger partial charge in [0.2, 0.25) is 0 Å². The van der Waals surface area contributed by atoms with Crippen molar-refractivity contribution in [2.45, 2.75) is 6.42 Å². The van der Waals surface area contributed by atoms with Gasteiger partial charge >= 0.3 is 0 Å². The summed E-state index contributed by atoms with van der Waals surface area (Å²) in [5.41, 5.74) is 9.32. The van der Waals surface area contributed by atoms with Gasteiger partial charge in [0.15, 0.2) is 6.29 Å². The molecule has 0 amide bonds. The topological polar surface area (TPSA) is 75.1 Å². The predicted molar refractivity (Wildman–Crippen MR) is 63.9 cm³/mol. The molecule has 17 heavy (non-hydrogen) atoms. The highest BCUT2D eigenvalue weighted by Gasteiger charge is 2.01. The quantitative estimate of drug-likeness (QED) is 0.199. The molecule has 0 heterocycles. The third kappa shape index (κ3) is 3.90. The standard InChI is InChI=1S/C12H11N3O2/c1-17-12-8-10(5-6-11(12)9-16)4-2-3-7-14-15-13/h5-6,8-9H,3,7H2,1H3. The second-order valence-electron chi connectivity index (χ2n) is 3.08. The second-order valence-corrected chi connectivity index (χ2v) is 3.08. The molecule has 0 spiro atoms. The molecule has 1 rings (SSSR count). The van der Waals surface area contributed by atoms with E-state index in [1.807, 2.05) is 0 Å². The number of ether oxygens (including phenoxy) is 1. The van der Waals surface area contributed by atoms with Crippen LogP contribution in [-0.2, 0) is 0 Å². The Bertz CT molecular complexity index is 508. The molecule has 0 aromatic heterocycles. The van der Waals surface area contributed by atoms with Gasteiger partial charge in [-0.25, -0.2) is 0 Å². The summed E-state index contributed by atoms with van der Waals surface area (Å²) in [4.78, 5) is 13.3. The fraction of sp³-hybridized carbons (Fsp3) is 0.250. The first kappa shape index (κ1) is 12.6. The summed E-state index contributed by atoms with van der Waals surface area (Å²) < 4.78 is 5.06. The molecule has 5 heteroatoms. The van der Waals surface area contributed by atoms with Crippen LogP contribution in [-0.4, -0.2) is 19.9 Å². The van der Waals surface area contributed by atoms with E-state index >= 15 is 0 Å². The lowest BCUT2D eigenvalue weighted by atomic mass is 10.1. The molecule has 1 aromatic carbocycles. The lowest BCUT2D eigenvalue weighted by molar-refractivity contribution is 0.112. The van der Waals surface area contributed by atoms with Gasteiger partial charge in [0, 0.05) is 23.4 Å². The summed E-state index contributed by atoms with van der Waals surface area (Å²) in [6.07, 6.45) is 1.24. The van der Waals surface area contributed by atoms with Crippen molar-refractivity contribution in [3.63, 3.8) is 0 Å². The van der Waals surface area contributed by atoms with Crippen LogP contribution in [0.4, 0.5) is 0 Å². The maximum atomic E-state index is 10.7. The van der Waals surface area contributed by atoms with Gasteiger partial charge in [0.1, 0.15) is 5.75 Å². The third-order valence-electron chi connectivity index (χ3n) is 1.99. The first-order chi connectivity index (χ1) is 8.31. The fourth-order valence-corrected chi connectivity index (χ4v) is 1.20. The van der Waals surface area contributed by atoms with E-state index in [1.165, 1.54) is 7.11 Å².